The molecule has 5 rings (SSSR count). The van der Waals surface area contributed by atoms with Gasteiger partial charge in [-0.2, -0.15) is 0 Å². The van der Waals surface area contributed by atoms with Gasteiger partial charge in [0, 0.05) is 42.1 Å². The van der Waals surface area contributed by atoms with E-state index in [2.05, 4.69) is 88.0 Å². The number of aromatic nitrogens is 3. The van der Waals surface area contributed by atoms with Crippen molar-refractivity contribution in [3.8, 4) is 0 Å². The maximum atomic E-state index is 4.65. The summed E-state index contributed by atoms with van der Waals surface area (Å²) in [5.41, 5.74) is 6.79. The molecule has 148 valence electrons. The smallest absolute Gasteiger partial charge is 0.122 e. The van der Waals surface area contributed by atoms with Gasteiger partial charge < -0.3 is 9.55 Å². The zero-order chi connectivity index (χ0) is 19.8. The molecule has 2 aromatic carbocycles. The van der Waals surface area contributed by atoms with E-state index in [0.29, 0.717) is 0 Å². The Morgan fingerprint density at radius 2 is 1.90 bits per heavy atom. The maximum Gasteiger partial charge on any atom is 0.122 e. The molecule has 4 nitrogen and oxygen atoms in total. The van der Waals surface area contributed by atoms with Crippen molar-refractivity contribution in [2.45, 2.75) is 45.8 Å². The van der Waals surface area contributed by atoms with E-state index < -0.39 is 0 Å². The monoisotopic (exact) mass is 384 g/mol. The lowest BCUT2D eigenvalue weighted by molar-refractivity contribution is 0.194. The Hall–Kier alpha value is -2.85. The number of nitrogens with one attached hydrogen (secondary N) is 1. The third kappa shape index (κ3) is 3.18. The molecule has 0 amide bonds. The summed E-state index contributed by atoms with van der Waals surface area (Å²) in [4.78, 5) is 11.0. The standard InChI is InChI=1S/C25H28N4/c1-3-18-9-11-19(12-10-18)25-24-21(20-7-5-6-8-22(20)27-24)13-15-29(25)17-23-26-14-16-28(23)4-2/h5-12,14,16,25,27H,3-4,13,15,17H2,1-2H3/t25-/m0/s1. The van der Waals surface area contributed by atoms with Crippen LogP contribution in [0.3, 0.4) is 0 Å². The van der Waals surface area contributed by atoms with Crippen LogP contribution in [0.1, 0.15) is 48.1 Å². The van der Waals surface area contributed by atoms with Gasteiger partial charge in [-0.15, -0.1) is 0 Å². The number of para-hydroxylation sites is 1. The Morgan fingerprint density at radius 1 is 1.07 bits per heavy atom. The van der Waals surface area contributed by atoms with Crippen molar-refractivity contribution in [3.63, 3.8) is 0 Å². The number of H-pyrrole nitrogens is 1. The van der Waals surface area contributed by atoms with Crippen LogP contribution in [-0.2, 0) is 25.9 Å². The van der Waals surface area contributed by atoms with Gasteiger partial charge in [0.15, 0.2) is 0 Å². The number of nitrogens with zero attached hydrogens (tertiary/aromatic N) is 3. The van der Waals surface area contributed by atoms with Crippen molar-refractivity contribution in [2.24, 2.45) is 0 Å². The first-order chi connectivity index (χ1) is 14.3. The van der Waals surface area contributed by atoms with Crippen LogP contribution in [0, 0.1) is 0 Å². The van der Waals surface area contributed by atoms with Gasteiger partial charge in [-0.3, -0.25) is 4.90 Å². The van der Waals surface area contributed by atoms with Crippen molar-refractivity contribution >= 4 is 10.9 Å². The molecule has 3 heterocycles. The fourth-order valence-corrected chi connectivity index (χ4v) is 4.74. The van der Waals surface area contributed by atoms with Crippen LogP contribution in [0.25, 0.3) is 10.9 Å². The van der Waals surface area contributed by atoms with Gasteiger partial charge in [0.25, 0.3) is 0 Å². The van der Waals surface area contributed by atoms with Gasteiger partial charge >= 0.3 is 0 Å². The minimum Gasteiger partial charge on any atom is -0.357 e. The number of fused-ring (bicyclic) bond motifs is 3. The van der Waals surface area contributed by atoms with E-state index >= 15 is 0 Å². The number of benzene rings is 2. The first-order valence-corrected chi connectivity index (χ1v) is 10.7. The lowest BCUT2D eigenvalue weighted by atomic mass is 9.91. The first-order valence-electron chi connectivity index (χ1n) is 10.7. The van der Waals surface area contributed by atoms with Crippen LogP contribution < -0.4 is 0 Å². The van der Waals surface area contributed by atoms with Crippen molar-refractivity contribution < 1.29 is 0 Å². The molecule has 0 fully saturated rings. The summed E-state index contributed by atoms with van der Waals surface area (Å²) in [7, 11) is 0. The molecule has 4 aromatic rings. The predicted molar refractivity (Wildman–Crippen MR) is 118 cm³/mol. The van der Waals surface area contributed by atoms with Crippen molar-refractivity contribution in [1.82, 2.24) is 19.4 Å². The second-order valence-electron chi connectivity index (χ2n) is 7.91. The normalized spacial score (nSPS) is 17.0. The lowest BCUT2D eigenvalue weighted by Crippen LogP contribution is -2.36. The Bertz CT molecular complexity index is 1120. The SMILES string of the molecule is CCc1ccc([C@H]2c3[nH]c4ccccc4c3CCN2Cc2nccn2CC)cc1. The van der Waals surface area contributed by atoms with E-state index in [4.69, 9.17) is 0 Å². The zero-order valence-electron chi connectivity index (χ0n) is 17.2. The summed E-state index contributed by atoms with van der Waals surface area (Å²) in [5.74, 6) is 1.14. The highest BCUT2D eigenvalue weighted by atomic mass is 15.2. The second-order valence-corrected chi connectivity index (χ2v) is 7.91. The highest BCUT2D eigenvalue weighted by Crippen LogP contribution is 2.39. The minimum absolute atomic E-state index is 0.221. The van der Waals surface area contributed by atoms with Gasteiger partial charge in [-0.05, 0) is 42.5 Å². The largest absolute Gasteiger partial charge is 0.357 e. The van der Waals surface area contributed by atoms with Crippen LogP contribution in [-0.4, -0.2) is 26.0 Å². The Labute approximate surface area is 172 Å². The Kier molecular flexibility index (Phi) is 4.72. The molecule has 0 bridgehead atoms. The van der Waals surface area contributed by atoms with Gasteiger partial charge in [-0.1, -0.05) is 49.4 Å². The van der Waals surface area contributed by atoms with E-state index in [1.807, 2.05) is 6.20 Å². The van der Waals surface area contributed by atoms with Gasteiger partial charge in [0.1, 0.15) is 5.82 Å². The third-order valence-electron chi connectivity index (χ3n) is 6.32. The quantitative estimate of drug-likeness (QED) is 0.520. The minimum atomic E-state index is 0.221. The van der Waals surface area contributed by atoms with Crippen LogP contribution in [0.4, 0.5) is 0 Å². The molecule has 4 heteroatoms. The van der Waals surface area contributed by atoms with Gasteiger partial charge in [0.05, 0.1) is 12.6 Å². The molecule has 0 spiro atoms. The molecule has 0 aliphatic carbocycles. The maximum absolute atomic E-state index is 4.65. The predicted octanol–water partition coefficient (Wildman–Crippen LogP) is 5.09. The number of hydrogen-bond donors (Lipinski definition) is 1. The topological polar surface area (TPSA) is 36.9 Å². The number of aryl methyl sites for hydroxylation is 2. The summed E-state index contributed by atoms with van der Waals surface area (Å²) in [6, 6.07) is 18.1. The van der Waals surface area contributed by atoms with Gasteiger partial charge in [0.2, 0.25) is 0 Å². The molecule has 1 atom stereocenters. The molecule has 1 aliphatic rings. The molecule has 0 saturated carbocycles. The number of imidazole rings is 1. The summed E-state index contributed by atoms with van der Waals surface area (Å²) < 4.78 is 2.25. The molecule has 0 unspecified atom stereocenters. The lowest BCUT2D eigenvalue weighted by Gasteiger charge is -2.36. The summed E-state index contributed by atoms with van der Waals surface area (Å²) in [5, 5.41) is 1.37. The van der Waals surface area contributed by atoms with E-state index in [9.17, 15) is 0 Å². The van der Waals surface area contributed by atoms with Crippen LogP contribution in [0.2, 0.25) is 0 Å². The van der Waals surface area contributed by atoms with Crippen LogP contribution in [0.5, 0.6) is 0 Å². The summed E-state index contributed by atoms with van der Waals surface area (Å²) >= 11 is 0. The van der Waals surface area contributed by atoms with E-state index in [1.54, 1.807) is 0 Å². The van der Waals surface area contributed by atoms with E-state index in [1.165, 1.54) is 33.3 Å². The van der Waals surface area contributed by atoms with Crippen molar-refractivity contribution in [2.75, 3.05) is 6.54 Å². The molecule has 0 saturated heterocycles. The first kappa shape index (κ1) is 18.2. The van der Waals surface area contributed by atoms with E-state index in [-0.39, 0.29) is 6.04 Å². The van der Waals surface area contributed by atoms with Crippen molar-refractivity contribution in [1.29, 1.82) is 0 Å². The van der Waals surface area contributed by atoms with E-state index in [0.717, 1.165) is 38.3 Å². The van der Waals surface area contributed by atoms with Crippen LogP contribution in [0.15, 0.2) is 60.9 Å². The number of hydrogen-bond acceptors (Lipinski definition) is 2. The molecule has 1 N–H and O–H groups in total. The van der Waals surface area contributed by atoms with Gasteiger partial charge in [-0.25, -0.2) is 4.98 Å². The average molecular weight is 385 g/mol. The fourth-order valence-electron chi connectivity index (χ4n) is 4.74. The third-order valence-corrected chi connectivity index (χ3v) is 6.32. The summed E-state index contributed by atoms with van der Waals surface area (Å²) in [6.07, 6.45) is 6.14. The average Bonchev–Trinajstić information content (AvgIpc) is 3.37. The van der Waals surface area contributed by atoms with Crippen LogP contribution >= 0.6 is 0 Å². The highest BCUT2D eigenvalue weighted by Gasteiger charge is 2.32. The molecular weight excluding hydrogens is 356 g/mol. The summed E-state index contributed by atoms with van der Waals surface area (Å²) in [6.45, 7) is 7.23. The molecule has 29 heavy (non-hydrogen) atoms. The Balaban J connectivity index is 1.60. The molecular formula is C25H28N4. The molecule has 2 aromatic heterocycles. The molecule has 0 radical (unpaired) electrons. The highest BCUT2D eigenvalue weighted by molar-refractivity contribution is 5.85. The number of aromatic amines is 1. The number of rotatable bonds is 5. The molecule has 1 aliphatic heterocycles. The zero-order valence-corrected chi connectivity index (χ0v) is 17.2. The second kappa shape index (κ2) is 7.53. The van der Waals surface area contributed by atoms with Crippen molar-refractivity contribution in [3.05, 3.63) is 89.1 Å². The Morgan fingerprint density at radius 3 is 2.69 bits per heavy atom. The fraction of sp³-hybridized carbons (Fsp3) is 0.320.